The quantitative estimate of drug-likeness (QED) is 0.489. The monoisotopic (exact) mass is 163 g/mol. The number of hydrogen-bond donors (Lipinski definition) is 1. The number of nitrogens with two attached hydrogens (primary N) is 1. The van der Waals surface area contributed by atoms with Gasteiger partial charge in [0.15, 0.2) is 0 Å². The predicted octanol–water partition coefficient (Wildman–Crippen LogP) is 2.50. The normalized spacial score (nSPS) is 11.8. The van der Waals surface area contributed by atoms with Gasteiger partial charge in [-0.25, -0.2) is 0 Å². The Kier molecular flexibility index (Phi) is 11.4. The summed E-state index contributed by atoms with van der Waals surface area (Å²) < 4.78 is 0. The molecule has 0 aromatic rings. The van der Waals surface area contributed by atoms with Gasteiger partial charge in [-0.1, -0.05) is 13.0 Å². The molecule has 0 aliphatic heterocycles. The van der Waals surface area contributed by atoms with Crippen LogP contribution in [0.15, 0.2) is 12.7 Å². The van der Waals surface area contributed by atoms with Gasteiger partial charge < -0.3 is 5.73 Å². The first-order chi connectivity index (χ1) is 4.31. The second-order valence-corrected chi connectivity index (χ2v) is 2.39. The summed E-state index contributed by atoms with van der Waals surface area (Å²) in [5, 5.41) is 0. The van der Waals surface area contributed by atoms with E-state index in [4.69, 9.17) is 5.73 Å². The molecule has 0 saturated carbocycles. The number of unbranched alkanes of at least 4 members (excludes halogenated alkanes) is 1. The largest absolute Gasteiger partial charge is 0.328 e. The lowest BCUT2D eigenvalue weighted by atomic mass is 10.1. The Morgan fingerprint density at radius 2 is 2.20 bits per heavy atom. The molecule has 10 heavy (non-hydrogen) atoms. The van der Waals surface area contributed by atoms with Gasteiger partial charge in [0, 0.05) is 6.04 Å². The van der Waals surface area contributed by atoms with Gasteiger partial charge in [-0.15, -0.1) is 19.0 Å². The van der Waals surface area contributed by atoms with Crippen molar-refractivity contribution >= 4 is 12.4 Å². The summed E-state index contributed by atoms with van der Waals surface area (Å²) in [7, 11) is 0. The molecule has 0 rings (SSSR count). The Morgan fingerprint density at radius 1 is 1.60 bits per heavy atom. The highest BCUT2D eigenvalue weighted by atomic mass is 35.5. The molecule has 0 amide bonds. The van der Waals surface area contributed by atoms with Crippen molar-refractivity contribution in [3.63, 3.8) is 0 Å². The van der Waals surface area contributed by atoms with E-state index in [1.54, 1.807) is 0 Å². The average molecular weight is 164 g/mol. The molecule has 0 radical (unpaired) electrons. The summed E-state index contributed by atoms with van der Waals surface area (Å²) in [6, 6.07) is 0.407. The van der Waals surface area contributed by atoms with E-state index in [0.717, 1.165) is 19.3 Å². The molecule has 2 N–H and O–H groups in total. The number of hydrogen-bond acceptors (Lipinski definition) is 1. The summed E-state index contributed by atoms with van der Waals surface area (Å²) in [6.45, 7) is 5.77. The summed E-state index contributed by atoms with van der Waals surface area (Å²) >= 11 is 0. The minimum atomic E-state index is 0. The van der Waals surface area contributed by atoms with Crippen LogP contribution in [0.5, 0.6) is 0 Å². The number of rotatable bonds is 5. The van der Waals surface area contributed by atoms with Crippen molar-refractivity contribution in [1.82, 2.24) is 0 Å². The molecule has 0 heterocycles. The first kappa shape index (κ1) is 12.6. The van der Waals surface area contributed by atoms with Crippen LogP contribution < -0.4 is 5.73 Å². The van der Waals surface area contributed by atoms with Crippen LogP contribution in [0.25, 0.3) is 0 Å². The van der Waals surface area contributed by atoms with Crippen molar-refractivity contribution < 1.29 is 0 Å². The molecular formula is C8H18ClN. The lowest BCUT2D eigenvalue weighted by Crippen LogP contribution is -2.17. The SMILES string of the molecule is C=CCCCC(N)CC.Cl. The molecule has 0 aromatic carbocycles. The van der Waals surface area contributed by atoms with Crippen LogP contribution in [0.4, 0.5) is 0 Å². The average Bonchev–Trinajstić information content (AvgIpc) is 1.89. The summed E-state index contributed by atoms with van der Waals surface area (Å²) in [5.41, 5.74) is 5.68. The topological polar surface area (TPSA) is 26.0 Å². The van der Waals surface area contributed by atoms with E-state index in [9.17, 15) is 0 Å². The smallest absolute Gasteiger partial charge is 0.00363 e. The molecule has 0 fully saturated rings. The van der Waals surface area contributed by atoms with Gasteiger partial charge in [-0.2, -0.15) is 0 Å². The van der Waals surface area contributed by atoms with Gasteiger partial charge in [0.25, 0.3) is 0 Å². The van der Waals surface area contributed by atoms with E-state index in [1.165, 1.54) is 6.42 Å². The molecule has 0 aliphatic rings. The van der Waals surface area contributed by atoms with Crippen LogP contribution in [0.3, 0.4) is 0 Å². The summed E-state index contributed by atoms with van der Waals surface area (Å²) in [5.74, 6) is 0. The Hall–Kier alpha value is -0.0100. The third-order valence-electron chi connectivity index (χ3n) is 1.51. The minimum Gasteiger partial charge on any atom is -0.328 e. The zero-order chi connectivity index (χ0) is 7.11. The van der Waals surface area contributed by atoms with E-state index < -0.39 is 0 Å². The zero-order valence-electron chi connectivity index (χ0n) is 6.68. The van der Waals surface area contributed by atoms with Crippen LogP contribution in [-0.2, 0) is 0 Å². The third kappa shape index (κ3) is 7.99. The lowest BCUT2D eigenvalue weighted by Gasteiger charge is -2.05. The Bertz CT molecular complexity index is 73.7. The summed E-state index contributed by atoms with van der Waals surface area (Å²) in [6.07, 6.45) is 6.48. The molecule has 2 heteroatoms. The second-order valence-electron chi connectivity index (χ2n) is 2.39. The van der Waals surface area contributed by atoms with Crippen LogP contribution >= 0.6 is 12.4 Å². The van der Waals surface area contributed by atoms with E-state index in [0.29, 0.717) is 6.04 Å². The van der Waals surface area contributed by atoms with Gasteiger partial charge in [0.05, 0.1) is 0 Å². The van der Waals surface area contributed by atoms with Gasteiger partial charge in [-0.3, -0.25) is 0 Å². The Morgan fingerprint density at radius 3 is 2.60 bits per heavy atom. The van der Waals surface area contributed by atoms with Crippen molar-refractivity contribution in [3.05, 3.63) is 12.7 Å². The fourth-order valence-corrected chi connectivity index (χ4v) is 0.729. The highest BCUT2D eigenvalue weighted by Crippen LogP contribution is 2.01. The van der Waals surface area contributed by atoms with E-state index in [-0.39, 0.29) is 12.4 Å². The lowest BCUT2D eigenvalue weighted by molar-refractivity contribution is 0.572. The van der Waals surface area contributed by atoms with E-state index in [1.807, 2.05) is 6.08 Å². The van der Waals surface area contributed by atoms with Crippen molar-refractivity contribution in [1.29, 1.82) is 0 Å². The molecule has 0 aromatic heterocycles. The predicted molar refractivity (Wildman–Crippen MR) is 49.6 cm³/mol. The first-order valence-electron chi connectivity index (χ1n) is 3.67. The second kappa shape index (κ2) is 8.99. The highest BCUT2D eigenvalue weighted by Gasteiger charge is 1.95. The molecule has 0 saturated heterocycles. The van der Waals surface area contributed by atoms with Crippen LogP contribution in [0.1, 0.15) is 32.6 Å². The maximum atomic E-state index is 5.68. The van der Waals surface area contributed by atoms with Gasteiger partial charge >= 0.3 is 0 Å². The van der Waals surface area contributed by atoms with Crippen molar-refractivity contribution in [3.8, 4) is 0 Å². The zero-order valence-corrected chi connectivity index (χ0v) is 7.49. The number of halogens is 1. The Balaban J connectivity index is 0. The van der Waals surface area contributed by atoms with Gasteiger partial charge in [0.2, 0.25) is 0 Å². The van der Waals surface area contributed by atoms with Crippen molar-refractivity contribution in [2.75, 3.05) is 0 Å². The van der Waals surface area contributed by atoms with Crippen LogP contribution in [-0.4, -0.2) is 6.04 Å². The maximum absolute atomic E-state index is 5.68. The van der Waals surface area contributed by atoms with Crippen LogP contribution in [0.2, 0.25) is 0 Å². The molecule has 0 aliphatic carbocycles. The fraction of sp³-hybridized carbons (Fsp3) is 0.750. The first-order valence-corrected chi connectivity index (χ1v) is 3.67. The molecule has 62 valence electrons. The molecular weight excluding hydrogens is 146 g/mol. The Labute approximate surface area is 70.1 Å². The number of allylic oxidation sites excluding steroid dienone is 1. The highest BCUT2D eigenvalue weighted by molar-refractivity contribution is 5.85. The molecule has 1 atom stereocenters. The van der Waals surface area contributed by atoms with Crippen molar-refractivity contribution in [2.45, 2.75) is 38.6 Å². The third-order valence-corrected chi connectivity index (χ3v) is 1.51. The molecule has 0 spiro atoms. The molecule has 1 nitrogen and oxygen atoms in total. The fourth-order valence-electron chi connectivity index (χ4n) is 0.729. The molecule has 1 unspecified atom stereocenters. The molecule has 0 bridgehead atoms. The van der Waals surface area contributed by atoms with Crippen molar-refractivity contribution in [2.24, 2.45) is 5.73 Å². The minimum absolute atomic E-state index is 0. The van der Waals surface area contributed by atoms with Gasteiger partial charge in [-0.05, 0) is 25.7 Å². The van der Waals surface area contributed by atoms with E-state index >= 15 is 0 Å². The standard InChI is InChI=1S/C8H17N.ClH/c1-3-5-6-7-8(9)4-2;/h3,8H,1,4-7,9H2,2H3;1H. The van der Waals surface area contributed by atoms with Gasteiger partial charge in [0.1, 0.15) is 0 Å². The summed E-state index contributed by atoms with van der Waals surface area (Å²) in [4.78, 5) is 0. The van der Waals surface area contributed by atoms with Crippen LogP contribution in [0, 0.1) is 0 Å². The van der Waals surface area contributed by atoms with E-state index in [2.05, 4.69) is 13.5 Å². The maximum Gasteiger partial charge on any atom is 0.00363 e.